The molecule has 0 aliphatic heterocycles. The second-order valence-electron chi connectivity index (χ2n) is 20.7. The number of nitrogens with zero attached hydrogens (tertiary/aromatic N) is 3. The molecule has 2 aromatic heterocycles. The van der Waals surface area contributed by atoms with Crippen molar-refractivity contribution in [3.05, 3.63) is 47.0 Å². The van der Waals surface area contributed by atoms with Crippen LogP contribution in [0.5, 0.6) is 11.5 Å². The zero-order valence-corrected chi connectivity index (χ0v) is 43.3. The molecular formula is C46H74N4O9SSi2. The highest BCUT2D eigenvalue weighted by atomic mass is 32.1. The van der Waals surface area contributed by atoms with Gasteiger partial charge in [-0.25, -0.2) is 4.68 Å². The summed E-state index contributed by atoms with van der Waals surface area (Å²) in [4.78, 5) is 55.6. The van der Waals surface area contributed by atoms with Gasteiger partial charge in [-0.15, -0.1) is 16.4 Å². The summed E-state index contributed by atoms with van der Waals surface area (Å²) in [6.07, 6.45) is 1.89. The molecule has 0 aliphatic rings. The van der Waals surface area contributed by atoms with Gasteiger partial charge < -0.3 is 28.4 Å². The van der Waals surface area contributed by atoms with E-state index in [4.69, 9.17) is 23.1 Å². The maximum absolute atomic E-state index is 15.1. The summed E-state index contributed by atoms with van der Waals surface area (Å²) in [5.74, 6) is -0.395. The Hall–Kier alpha value is -4.03. The van der Waals surface area contributed by atoms with Crippen LogP contribution < -0.4 is 14.2 Å². The lowest BCUT2D eigenvalue weighted by Gasteiger charge is -2.40. The number of aryl methyl sites for hydroxylation is 1. The Labute approximate surface area is 376 Å². The molecule has 0 radical (unpaired) electrons. The van der Waals surface area contributed by atoms with E-state index in [1.54, 1.807) is 40.8 Å². The number of carbonyl (C=O) groups is 4. The van der Waals surface area contributed by atoms with Crippen molar-refractivity contribution in [1.82, 2.24) is 20.3 Å². The summed E-state index contributed by atoms with van der Waals surface area (Å²) in [5.41, 5.74) is -1.93. The van der Waals surface area contributed by atoms with Crippen molar-refractivity contribution >= 4 is 52.3 Å². The first-order valence-corrected chi connectivity index (χ1v) is 28.4. The molecule has 16 heteroatoms. The average Bonchev–Trinajstić information content (AvgIpc) is 3.81. The van der Waals surface area contributed by atoms with Crippen LogP contribution in [0.15, 0.2) is 35.8 Å². The number of amides is 1. The Bertz CT molecular complexity index is 2020. The zero-order chi connectivity index (χ0) is 47.1. The van der Waals surface area contributed by atoms with E-state index >= 15 is 4.79 Å². The Morgan fingerprint density at radius 1 is 0.855 bits per heavy atom. The molecule has 13 nitrogen and oxygen atoms in total. The van der Waals surface area contributed by atoms with Crippen LogP contribution >= 0.6 is 11.3 Å². The summed E-state index contributed by atoms with van der Waals surface area (Å²) in [6.45, 7) is 34.9. The molecule has 0 bridgehead atoms. The van der Waals surface area contributed by atoms with E-state index in [9.17, 15) is 14.4 Å². The van der Waals surface area contributed by atoms with Crippen LogP contribution in [0.3, 0.4) is 0 Å². The number of aromatic nitrogens is 3. The number of carbonyl (C=O) groups excluding carboxylic acids is 4. The van der Waals surface area contributed by atoms with Crippen LogP contribution in [-0.4, -0.2) is 75.4 Å². The minimum Gasteiger partial charge on any atom is -0.541 e. The predicted octanol–water partition coefficient (Wildman–Crippen LogP) is 10.4. The lowest BCUT2D eigenvalue weighted by Crippen LogP contribution is -2.55. The topological polar surface area (TPSA) is 157 Å². The number of ether oxygens (including phenoxy) is 3. The quantitative estimate of drug-likeness (QED) is 0.0255. The Morgan fingerprint density at radius 2 is 1.47 bits per heavy atom. The lowest BCUT2D eigenvalue weighted by molar-refractivity contribution is -0.165. The second kappa shape index (κ2) is 20.2. The third-order valence-corrected chi connectivity index (χ3v) is 22.2. The van der Waals surface area contributed by atoms with E-state index in [0.29, 0.717) is 30.1 Å². The van der Waals surface area contributed by atoms with E-state index in [2.05, 4.69) is 83.4 Å². The Morgan fingerprint density at radius 3 is 2.00 bits per heavy atom. The van der Waals surface area contributed by atoms with Gasteiger partial charge in [-0.2, -0.15) is 0 Å². The number of rotatable bonds is 22. The number of hydrogen-bond donors (Lipinski definition) is 1. The number of benzene rings is 1. The smallest absolute Gasteiger partial charge is 0.311 e. The molecule has 62 heavy (non-hydrogen) atoms. The Balaban J connectivity index is 2.17. The summed E-state index contributed by atoms with van der Waals surface area (Å²) < 4.78 is 32.0. The predicted molar refractivity (Wildman–Crippen MR) is 250 cm³/mol. The molecule has 3 atom stereocenters. The highest BCUT2D eigenvalue weighted by Gasteiger charge is 2.52. The largest absolute Gasteiger partial charge is 0.541 e. The average molecular weight is 915 g/mol. The first-order valence-electron chi connectivity index (χ1n) is 21.7. The summed E-state index contributed by atoms with van der Waals surface area (Å²) in [7, 11) is -4.64. The molecule has 0 saturated carbocycles. The summed E-state index contributed by atoms with van der Waals surface area (Å²) in [5, 5.41) is 13.7. The fourth-order valence-corrected chi connectivity index (χ4v) is 9.67. The molecule has 1 N–H and O–H groups in total. The van der Waals surface area contributed by atoms with Crippen LogP contribution in [0, 0.1) is 17.8 Å². The number of nitrogens with one attached hydrogen (secondary N) is 1. The highest BCUT2D eigenvalue weighted by Crippen LogP contribution is 2.46. The van der Waals surface area contributed by atoms with Gasteiger partial charge in [-0.1, -0.05) is 66.2 Å². The SMILES string of the molecule is CCCCOC(=O)C(C)(CC(C)(C)C(=O)OCC)CC(C)(C(=O)NC(Cc1ccc(O[Si](C)(C)C(C)(C)C)c(O[Si](C)(C)C(C)(C)C)c1)OC=O)n1cc(-c2sccc2C)nn1. The molecule has 1 aromatic carbocycles. The molecular weight excluding hydrogens is 841 g/mol. The summed E-state index contributed by atoms with van der Waals surface area (Å²) in [6, 6.07) is 7.67. The van der Waals surface area contributed by atoms with Gasteiger partial charge in [-0.3, -0.25) is 19.2 Å². The van der Waals surface area contributed by atoms with Gasteiger partial charge in [0.2, 0.25) is 0 Å². The molecule has 0 saturated heterocycles. The minimum atomic E-state index is -2.36. The summed E-state index contributed by atoms with van der Waals surface area (Å²) >= 11 is 1.49. The third kappa shape index (κ3) is 12.8. The van der Waals surface area contributed by atoms with Gasteiger partial charge in [0.05, 0.1) is 35.1 Å². The molecule has 3 aromatic rings. The van der Waals surface area contributed by atoms with E-state index in [1.165, 1.54) is 16.0 Å². The standard InChI is InChI=1S/C46H74N4O9SSi2/c1-18-20-24-56-41(54)45(12,29-44(10,11)40(53)55-19-2)30-46(13,50-28-34(48-49-50)38-32(3)23-25-60-38)39(52)47-37(57-31-51)27-33-21-22-35(58-61(14,15)42(4,5)6)36(26-33)59-62(16,17)43(7,8)9/h21-23,25-26,28,31,37H,18-20,24,27,29-30H2,1-17H3,(H,47,52). The number of esters is 2. The van der Waals surface area contributed by atoms with E-state index < -0.39 is 57.1 Å². The zero-order valence-electron chi connectivity index (χ0n) is 40.5. The molecule has 2 heterocycles. The van der Waals surface area contributed by atoms with Gasteiger partial charge in [-0.05, 0) is 132 Å². The van der Waals surface area contributed by atoms with Gasteiger partial charge in [0, 0.05) is 6.42 Å². The highest BCUT2D eigenvalue weighted by molar-refractivity contribution is 7.13. The van der Waals surface area contributed by atoms with Gasteiger partial charge in [0.15, 0.2) is 6.23 Å². The van der Waals surface area contributed by atoms with Crippen molar-refractivity contribution in [1.29, 1.82) is 0 Å². The molecule has 346 valence electrons. The monoisotopic (exact) mass is 914 g/mol. The normalized spacial score (nSPS) is 15.1. The van der Waals surface area contributed by atoms with Crippen molar-refractivity contribution in [2.75, 3.05) is 13.2 Å². The fourth-order valence-electron chi connectivity index (χ4n) is 6.75. The molecule has 1 amide bonds. The fraction of sp³-hybridized carbons (Fsp3) is 0.652. The van der Waals surface area contributed by atoms with E-state index in [1.807, 2.05) is 43.5 Å². The Kier molecular flexibility index (Phi) is 17.1. The number of thiophene rings is 1. The van der Waals surface area contributed by atoms with Crippen molar-refractivity contribution in [2.45, 2.75) is 170 Å². The van der Waals surface area contributed by atoms with Crippen molar-refractivity contribution in [3.63, 3.8) is 0 Å². The van der Waals surface area contributed by atoms with Crippen LogP contribution in [0.4, 0.5) is 0 Å². The maximum atomic E-state index is 15.1. The molecule has 0 spiro atoms. The van der Waals surface area contributed by atoms with Crippen LogP contribution in [0.1, 0.15) is 120 Å². The third-order valence-electron chi connectivity index (χ3n) is 12.5. The number of unbranched alkanes of at least 4 members (excludes halogenated alkanes) is 1. The van der Waals surface area contributed by atoms with Gasteiger partial charge >= 0.3 is 11.9 Å². The van der Waals surface area contributed by atoms with Crippen LogP contribution in [-0.2, 0) is 45.3 Å². The first kappa shape index (κ1) is 52.3. The second-order valence-corrected chi connectivity index (χ2v) is 31.0. The minimum absolute atomic E-state index is 0.00713. The number of hydrogen-bond acceptors (Lipinski definition) is 12. The van der Waals surface area contributed by atoms with Crippen LogP contribution in [0.2, 0.25) is 36.3 Å². The van der Waals surface area contributed by atoms with Crippen molar-refractivity contribution in [2.24, 2.45) is 10.8 Å². The molecule has 3 rings (SSSR count). The molecule has 3 unspecified atom stereocenters. The van der Waals surface area contributed by atoms with Crippen molar-refractivity contribution in [3.8, 4) is 22.1 Å². The van der Waals surface area contributed by atoms with Gasteiger partial charge in [0.1, 0.15) is 22.7 Å². The van der Waals surface area contributed by atoms with E-state index in [-0.39, 0.29) is 42.6 Å². The molecule has 0 aliphatic carbocycles. The maximum Gasteiger partial charge on any atom is 0.311 e. The van der Waals surface area contributed by atoms with Crippen LogP contribution in [0.25, 0.3) is 10.6 Å². The van der Waals surface area contributed by atoms with Crippen molar-refractivity contribution < 1.29 is 42.2 Å². The van der Waals surface area contributed by atoms with E-state index in [0.717, 1.165) is 22.4 Å². The molecule has 0 fully saturated rings. The first-order chi connectivity index (χ1) is 28.5. The van der Waals surface area contributed by atoms with Gasteiger partial charge in [0.25, 0.3) is 29.0 Å². The lowest BCUT2D eigenvalue weighted by atomic mass is 9.68.